The van der Waals surface area contributed by atoms with E-state index in [1.165, 1.54) is 23.4 Å². The Kier molecular flexibility index (Phi) is 1.49. The van der Waals surface area contributed by atoms with Gasteiger partial charge in [0, 0.05) is 10.6 Å². The topological polar surface area (TPSA) is 12.0 Å². The van der Waals surface area contributed by atoms with Gasteiger partial charge in [-0.1, -0.05) is 23.9 Å². The molecular formula is C8H11NS. The molecule has 0 spiro atoms. The summed E-state index contributed by atoms with van der Waals surface area (Å²) in [5.41, 5.74) is 1.46. The fourth-order valence-electron chi connectivity index (χ4n) is 1.36. The average Bonchev–Trinajstić information content (AvgIpc) is 2.27. The number of nitrogens with one attached hydrogen (secondary N) is 1. The van der Waals surface area contributed by atoms with Gasteiger partial charge in [-0.15, -0.1) is 0 Å². The Morgan fingerprint density at radius 1 is 1.70 bits per heavy atom. The first-order valence-electron chi connectivity index (χ1n) is 3.69. The Morgan fingerprint density at radius 2 is 2.60 bits per heavy atom. The highest BCUT2D eigenvalue weighted by atomic mass is 32.2. The summed E-state index contributed by atoms with van der Waals surface area (Å²) in [7, 11) is 0. The maximum atomic E-state index is 3.45. The van der Waals surface area contributed by atoms with E-state index in [2.05, 4.69) is 24.4 Å². The van der Waals surface area contributed by atoms with Crippen LogP contribution in [0.15, 0.2) is 22.8 Å². The number of allylic oxidation sites excluding steroid dienone is 3. The third-order valence-electron chi connectivity index (χ3n) is 1.81. The molecule has 1 N–H and O–H groups in total. The highest BCUT2D eigenvalue weighted by Crippen LogP contribution is 2.35. The van der Waals surface area contributed by atoms with Gasteiger partial charge in [-0.05, 0) is 19.8 Å². The number of thioether (sulfide) groups is 1. The molecule has 54 valence electrons. The summed E-state index contributed by atoms with van der Waals surface area (Å²) in [6.45, 7) is 2.21. The molecule has 0 saturated heterocycles. The summed E-state index contributed by atoms with van der Waals surface area (Å²) in [6.07, 6.45) is 6.91. The molecule has 0 radical (unpaired) electrons. The second-order valence-corrected chi connectivity index (χ2v) is 4.07. The lowest BCUT2D eigenvalue weighted by Gasteiger charge is -2.06. The van der Waals surface area contributed by atoms with Crippen molar-refractivity contribution in [3.05, 3.63) is 22.8 Å². The van der Waals surface area contributed by atoms with Crippen LogP contribution in [-0.2, 0) is 0 Å². The van der Waals surface area contributed by atoms with E-state index >= 15 is 0 Å². The second kappa shape index (κ2) is 2.35. The molecule has 1 aliphatic heterocycles. The van der Waals surface area contributed by atoms with Crippen molar-refractivity contribution in [1.82, 2.24) is 5.32 Å². The molecule has 0 aromatic carbocycles. The van der Waals surface area contributed by atoms with Crippen LogP contribution in [0.3, 0.4) is 0 Å². The third kappa shape index (κ3) is 0.966. The molecular weight excluding hydrogens is 142 g/mol. The van der Waals surface area contributed by atoms with Crippen molar-refractivity contribution in [1.29, 1.82) is 0 Å². The quantitative estimate of drug-likeness (QED) is 0.572. The molecule has 2 rings (SSSR count). The molecule has 0 aromatic rings. The van der Waals surface area contributed by atoms with Gasteiger partial charge in [0.25, 0.3) is 0 Å². The van der Waals surface area contributed by atoms with Gasteiger partial charge in [0.15, 0.2) is 0 Å². The van der Waals surface area contributed by atoms with Gasteiger partial charge < -0.3 is 5.32 Å². The molecule has 0 bridgehead atoms. The van der Waals surface area contributed by atoms with Crippen molar-refractivity contribution in [3.63, 3.8) is 0 Å². The minimum absolute atomic E-state index is 0.591. The summed E-state index contributed by atoms with van der Waals surface area (Å²) < 4.78 is 0. The lowest BCUT2D eigenvalue weighted by molar-refractivity contribution is 0.756. The van der Waals surface area contributed by atoms with E-state index in [1.807, 2.05) is 11.8 Å². The van der Waals surface area contributed by atoms with Gasteiger partial charge in [0.1, 0.15) is 0 Å². The van der Waals surface area contributed by atoms with Crippen molar-refractivity contribution in [3.8, 4) is 0 Å². The van der Waals surface area contributed by atoms with Gasteiger partial charge in [0.05, 0.1) is 5.37 Å². The van der Waals surface area contributed by atoms with Crippen LogP contribution in [0.5, 0.6) is 0 Å². The zero-order valence-corrected chi connectivity index (χ0v) is 6.87. The van der Waals surface area contributed by atoms with Crippen molar-refractivity contribution >= 4 is 11.8 Å². The Hall–Kier alpha value is -0.370. The molecule has 10 heavy (non-hydrogen) atoms. The predicted octanol–water partition coefficient (Wildman–Crippen LogP) is 2.23. The molecule has 1 heterocycles. The average molecular weight is 153 g/mol. The second-order valence-electron chi connectivity index (χ2n) is 2.69. The maximum absolute atomic E-state index is 3.45. The molecule has 1 atom stereocenters. The highest BCUT2D eigenvalue weighted by molar-refractivity contribution is 8.04. The lowest BCUT2D eigenvalue weighted by atomic mass is 10.1. The van der Waals surface area contributed by atoms with Gasteiger partial charge in [-0.25, -0.2) is 0 Å². The monoisotopic (exact) mass is 153 g/mol. The molecule has 2 aliphatic rings. The molecule has 2 heteroatoms. The van der Waals surface area contributed by atoms with Crippen molar-refractivity contribution in [2.75, 3.05) is 0 Å². The number of hydrogen-bond donors (Lipinski definition) is 1. The minimum Gasteiger partial charge on any atom is -0.376 e. The Balaban J connectivity index is 2.21. The molecule has 0 saturated carbocycles. The standard InChI is InChI=1S/C8H11NS/c1-6-9-7-4-2-3-5-8(7)10-6/h3,5-6,9H,2,4H2,1H3. The summed E-state index contributed by atoms with van der Waals surface area (Å²) in [4.78, 5) is 1.46. The van der Waals surface area contributed by atoms with E-state index in [0.717, 1.165) is 0 Å². The van der Waals surface area contributed by atoms with Gasteiger partial charge in [0.2, 0.25) is 0 Å². The smallest absolute Gasteiger partial charge is 0.0738 e. The SMILES string of the molecule is CC1NC2=C(C=CCC2)S1. The third-order valence-corrected chi connectivity index (χ3v) is 2.92. The minimum atomic E-state index is 0.591. The fourth-order valence-corrected chi connectivity index (χ4v) is 2.42. The first kappa shape index (κ1) is 6.35. The molecule has 1 aliphatic carbocycles. The van der Waals surface area contributed by atoms with Gasteiger partial charge in [-0.2, -0.15) is 0 Å². The first-order chi connectivity index (χ1) is 4.86. The largest absolute Gasteiger partial charge is 0.376 e. The van der Waals surface area contributed by atoms with E-state index in [-0.39, 0.29) is 0 Å². The molecule has 0 amide bonds. The zero-order chi connectivity index (χ0) is 6.97. The van der Waals surface area contributed by atoms with Crippen LogP contribution >= 0.6 is 11.8 Å². The van der Waals surface area contributed by atoms with Crippen LogP contribution in [0.1, 0.15) is 19.8 Å². The van der Waals surface area contributed by atoms with Crippen molar-refractivity contribution in [2.24, 2.45) is 0 Å². The van der Waals surface area contributed by atoms with Crippen molar-refractivity contribution < 1.29 is 0 Å². The molecule has 1 unspecified atom stereocenters. The van der Waals surface area contributed by atoms with E-state index in [1.54, 1.807) is 0 Å². The Labute approximate surface area is 65.6 Å². The van der Waals surface area contributed by atoms with E-state index in [4.69, 9.17) is 0 Å². The van der Waals surface area contributed by atoms with Crippen LogP contribution in [0.2, 0.25) is 0 Å². The van der Waals surface area contributed by atoms with Gasteiger partial charge in [-0.3, -0.25) is 0 Å². The summed E-state index contributed by atoms with van der Waals surface area (Å²) >= 11 is 1.93. The zero-order valence-electron chi connectivity index (χ0n) is 6.05. The van der Waals surface area contributed by atoms with Crippen LogP contribution < -0.4 is 5.32 Å². The summed E-state index contributed by atoms with van der Waals surface area (Å²) in [5, 5.41) is 4.04. The number of hydrogen-bond acceptors (Lipinski definition) is 2. The Bertz CT molecular complexity index is 205. The van der Waals surface area contributed by atoms with Crippen molar-refractivity contribution in [2.45, 2.75) is 25.1 Å². The van der Waals surface area contributed by atoms with E-state index in [0.29, 0.717) is 5.37 Å². The molecule has 0 aromatic heterocycles. The summed E-state index contributed by atoms with van der Waals surface area (Å²) in [6, 6.07) is 0. The fraction of sp³-hybridized carbons (Fsp3) is 0.500. The van der Waals surface area contributed by atoms with Crippen LogP contribution in [-0.4, -0.2) is 5.37 Å². The maximum Gasteiger partial charge on any atom is 0.0738 e. The van der Waals surface area contributed by atoms with E-state index in [9.17, 15) is 0 Å². The highest BCUT2D eigenvalue weighted by Gasteiger charge is 2.19. The Morgan fingerprint density at radius 3 is 3.40 bits per heavy atom. The van der Waals surface area contributed by atoms with Crippen LogP contribution in [0.25, 0.3) is 0 Å². The van der Waals surface area contributed by atoms with Crippen LogP contribution in [0.4, 0.5) is 0 Å². The predicted molar refractivity (Wildman–Crippen MR) is 45.6 cm³/mol. The normalized spacial score (nSPS) is 30.3. The lowest BCUT2D eigenvalue weighted by Crippen LogP contribution is -2.16. The van der Waals surface area contributed by atoms with Crippen LogP contribution in [0, 0.1) is 0 Å². The first-order valence-corrected chi connectivity index (χ1v) is 4.57. The van der Waals surface area contributed by atoms with Gasteiger partial charge >= 0.3 is 0 Å². The summed E-state index contributed by atoms with van der Waals surface area (Å²) in [5.74, 6) is 0. The number of rotatable bonds is 0. The molecule has 1 nitrogen and oxygen atoms in total. The van der Waals surface area contributed by atoms with E-state index < -0.39 is 0 Å². The molecule has 0 fully saturated rings.